The van der Waals surface area contributed by atoms with Crippen LogP contribution in [-0.4, -0.2) is 18.0 Å². The fourth-order valence-corrected chi connectivity index (χ4v) is 0.674. The molecule has 0 aromatic carbocycles. The molecule has 0 aliphatic rings. The second-order valence-electron chi connectivity index (χ2n) is 2.93. The zero-order chi connectivity index (χ0) is 8.91. The first-order valence-corrected chi connectivity index (χ1v) is 3.85. The van der Waals surface area contributed by atoms with Crippen molar-refractivity contribution in [2.45, 2.75) is 32.8 Å². The summed E-state index contributed by atoms with van der Waals surface area (Å²) in [5, 5.41) is 0. The van der Waals surface area contributed by atoms with Crippen molar-refractivity contribution >= 4 is 5.78 Å². The van der Waals surface area contributed by atoms with Crippen LogP contribution in [0.15, 0.2) is 12.7 Å². The summed E-state index contributed by atoms with van der Waals surface area (Å²) in [4.78, 5) is 11.1. The number of carbonyl (C=O) groups excluding carboxylic acids is 1. The van der Waals surface area contributed by atoms with Crippen molar-refractivity contribution < 1.29 is 9.53 Å². The van der Waals surface area contributed by atoms with E-state index in [-0.39, 0.29) is 5.78 Å². The summed E-state index contributed by atoms with van der Waals surface area (Å²) in [6.07, 6.45) is 2.23. The summed E-state index contributed by atoms with van der Waals surface area (Å²) in [5.41, 5.74) is -0.697. The minimum absolute atomic E-state index is 0.0639. The number of rotatable bonds is 5. The van der Waals surface area contributed by atoms with Crippen molar-refractivity contribution in [3.8, 4) is 0 Å². The summed E-state index contributed by atoms with van der Waals surface area (Å²) >= 11 is 0. The highest BCUT2D eigenvalue weighted by Crippen LogP contribution is 2.11. The Hall–Kier alpha value is -0.630. The average Bonchev–Trinajstić information content (AvgIpc) is 1.99. The molecule has 2 nitrogen and oxygen atoms in total. The summed E-state index contributed by atoms with van der Waals surface area (Å²) in [5.74, 6) is -0.0639. The lowest BCUT2D eigenvalue weighted by Gasteiger charge is -2.21. The molecule has 0 bridgehead atoms. The van der Waals surface area contributed by atoms with Gasteiger partial charge in [0, 0.05) is 6.61 Å². The molecule has 0 heterocycles. The predicted molar refractivity (Wildman–Crippen MR) is 45.5 cm³/mol. The van der Waals surface area contributed by atoms with Crippen LogP contribution in [0.4, 0.5) is 0 Å². The van der Waals surface area contributed by atoms with E-state index in [0.717, 1.165) is 6.42 Å². The molecule has 0 saturated heterocycles. The highest BCUT2D eigenvalue weighted by atomic mass is 16.5. The molecule has 2 heteroatoms. The van der Waals surface area contributed by atoms with E-state index in [9.17, 15) is 4.79 Å². The summed E-state index contributed by atoms with van der Waals surface area (Å²) in [6.45, 7) is 9.54. The van der Waals surface area contributed by atoms with Gasteiger partial charge in [-0.3, -0.25) is 4.79 Å². The summed E-state index contributed by atoms with van der Waals surface area (Å²) < 4.78 is 5.31. The lowest BCUT2D eigenvalue weighted by Crippen LogP contribution is -2.33. The Kier molecular flexibility index (Phi) is 4.04. The van der Waals surface area contributed by atoms with Crippen LogP contribution in [-0.2, 0) is 9.53 Å². The number of ether oxygens (including phenoxy) is 1. The van der Waals surface area contributed by atoms with Crippen molar-refractivity contribution in [2.75, 3.05) is 6.61 Å². The van der Waals surface area contributed by atoms with Crippen LogP contribution in [0.25, 0.3) is 0 Å². The van der Waals surface area contributed by atoms with Gasteiger partial charge in [-0.05, 0) is 26.3 Å². The highest BCUT2D eigenvalue weighted by Gasteiger charge is 2.24. The lowest BCUT2D eigenvalue weighted by atomic mass is 10.0. The molecule has 0 rings (SSSR count). The van der Waals surface area contributed by atoms with Crippen molar-refractivity contribution in [3.05, 3.63) is 12.7 Å². The Morgan fingerprint density at radius 1 is 1.64 bits per heavy atom. The van der Waals surface area contributed by atoms with Gasteiger partial charge in [0.25, 0.3) is 0 Å². The second kappa shape index (κ2) is 4.29. The van der Waals surface area contributed by atoms with Crippen molar-refractivity contribution in [1.82, 2.24) is 0 Å². The maximum atomic E-state index is 11.1. The molecule has 0 spiro atoms. The Bertz CT molecular complexity index is 148. The van der Waals surface area contributed by atoms with Gasteiger partial charge < -0.3 is 4.74 Å². The molecule has 64 valence electrons. The Morgan fingerprint density at radius 3 is 2.55 bits per heavy atom. The Morgan fingerprint density at radius 2 is 2.18 bits per heavy atom. The predicted octanol–water partition coefficient (Wildman–Crippen LogP) is 1.95. The van der Waals surface area contributed by atoms with E-state index >= 15 is 0 Å². The molecular weight excluding hydrogens is 140 g/mol. The second-order valence-corrected chi connectivity index (χ2v) is 2.93. The molecule has 0 aromatic heterocycles. The van der Waals surface area contributed by atoms with Crippen molar-refractivity contribution in [3.63, 3.8) is 0 Å². The van der Waals surface area contributed by atoms with Gasteiger partial charge in [-0.2, -0.15) is 0 Å². The Balaban J connectivity index is 3.98. The molecular formula is C9H16O2. The third-order valence-electron chi connectivity index (χ3n) is 1.45. The normalized spacial score (nSPS) is 11.2. The van der Waals surface area contributed by atoms with Gasteiger partial charge in [-0.1, -0.05) is 13.5 Å². The molecule has 0 radical (unpaired) electrons. The van der Waals surface area contributed by atoms with E-state index in [1.54, 1.807) is 13.8 Å². The van der Waals surface area contributed by atoms with E-state index < -0.39 is 5.60 Å². The number of ketones is 1. The highest BCUT2D eigenvalue weighted by molar-refractivity contribution is 5.95. The largest absolute Gasteiger partial charge is 0.367 e. The van der Waals surface area contributed by atoms with Gasteiger partial charge in [0.1, 0.15) is 5.60 Å². The smallest absolute Gasteiger partial charge is 0.186 e. The van der Waals surface area contributed by atoms with Crippen LogP contribution >= 0.6 is 0 Å². The van der Waals surface area contributed by atoms with Crippen LogP contribution in [0.5, 0.6) is 0 Å². The van der Waals surface area contributed by atoms with Crippen LogP contribution in [0.1, 0.15) is 27.2 Å². The molecule has 0 saturated carbocycles. The number of hydrogen-bond acceptors (Lipinski definition) is 2. The Labute approximate surface area is 68.2 Å². The van der Waals surface area contributed by atoms with E-state index in [4.69, 9.17) is 4.74 Å². The van der Waals surface area contributed by atoms with E-state index in [1.165, 1.54) is 6.08 Å². The van der Waals surface area contributed by atoms with Crippen LogP contribution < -0.4 is 0 Å². The number of carbonyl (C=O) groups is 1. The molecule has 11 heavy (non-hydrogen) atoms. The third kappa shape index (κ3) is 3.33. The van der Waals surface area contributed by atoms with Gasteiger partial charge in [0.05, 0.1) is 0 Å². The molecule has 0 amide bonds. The minimum atomic E-state index is -0.697. The molecule has 0 fully saturated rings. The minimum Gasteiger partial charge on any atom is -0.367 e. The van der Waals surface area contributed by atoms with Crippen molar-refractivity contribution in [1.29, 1.82) is 0 Å². The van der Waals surface area contributed by atoms with Crippen LogP contribution in [0, 0.1) is 0 Å². The molecule has 0 unspecified atom stereocenters. The summed E-state index contributed by atoms with van der Waals surface area (Å²) in [7, 11) is 0. The first kappa shape index (κ1) is 10.4. The topological polar surface area (TPSA) is 26.3 Å². The van der Waals surface area contributed by atoms with Gasteiger partial charge in [-0.15, -0.1) is 0 Å². The standard InChI is InChI=1S/C9H16O2/c1-5-7-11-9(3,4)8(10)6-2/h6H,2,5,7H2,1,3-4H3. The van der Waals surface area contributed by atoms with Gasteiger partial charge in [-0.25, -0.2) is 0 Å². The fraction of sp³-hybridized carbons (Fsp3) is 0.667. The first-order valence-electron chi connectivity index (χ1n) is 3.85. The van der Waals surface area contributed by atoms with Gasteiger partial charge in [0.15, 0.2) is 5.78 Å². The van der Waals surface area contributed by atoms with Gasteiger partial charge in [0.2, 0.25) is 0 Å². The first-order chi connectivity index (χ1) is 5.04. The van der Waals surface area contributed by atoms with Crippen molar-refractivity contribution in [2.24, 2.45) is 0 Å². The van der Waals surface area contributed by atoms with E-state index in [1.807, 2.05) is 6.92 Å². The van der Waals surface area contributed by atoms with E-state index in [0.29, 0.717) is 6.61 Å². The lowest BCUT2D eigenvalue weighted by molar-refractivity contribution is -0.135. The fourth-order valence-electron chi connectivity index (χ4n) is 0.674. The quantitative estimate of drug-likeness (QED) is 0.569. The zero-order valence-corrected chi connectivity index (χ0v) is 7.52. The molecule has 0 N–H and O–H groups in total. The maximum Gasteiger partial charge on any atom is 0.186 e. The van der Waals surface area contributed by atoms with E-state index in [2.05, 4.69) is 6.58 Å². The maximum absolute atomic E-state index is 11.1. The molecule has 0 aromatic rings. The zero-order valence-electron chi connectivity index (χ0n) is 7.52. The summed E-state index contributed by atoms with van der Waals surface area (Å²) in [6, 6.07) is 0. The SMILES string of the molecule is C=CC(=O)C(C)(C)OCCC. The van der Waals surface area contributed by atoms with Crippen LogP contribution in [0.2, 0.25) is 0 Å². The molecule has 0 atom stereocenters. The molecule has 0 aliphatic heterocycles. The van der Waals surface area contributed by atoms with Gasteiger partial charge >= 0.3 is 0 Å². The monoisotopic (exact) mass is 156 g/mol. The molecule has 0 aliphatic carbocycles. The number of hydrogen-bond donors (Lipinski definition) is 0. The third-order valence-corrected chi connectivity index (χ3v) is 1.45. The van der Waals surface area contributed by atoms with Crippen LogP contribution in [0.3, 0.4) is 0 Å². The average molecular weight is 156 g/mol.